The molecular weight excluding hydrogens is 248 g/mol. The van der Waals surface area contributed by atoms with Gasteiger partial charge in [0.05, 0.1) is 17.6 Å². The molecule has 1 aromatic heterocycles. The van der Waals surface area contributed by atoms with Crippen molar-refractivity contribution in [2.45, 2.75) is 11.8 Å². The monoisotopic (exact) mass is 260 g/mol. The van der Waals surface area contributed by atoms with Crippen molar-refractivity contribution in [1.29, 1.82) is 0 Å². The summed E-state index contributed by atoms with van der Waals surface area (Å²) >= 11 is 4.25. The molecule has 0 unspecified atom stereocenters. The Morgan fingerprint density at radius 2 is 2.11 bits per heavy atom. The molecule has 18 heavy (non-hydrogen) atoms. The summed E-state index contributed by atoms with van der Waals surface area (Å²) < 4.78 is 0. The second-order valence-electron chi connectivity index (χ2n) is 3.72. The van der Waals surface area contributed by atoms with Crippen LogP contribution >= 0.6 is 12.6 Å². The number of hydrogen-bond acceptors (Lipinski definition) is 5. The summed E-state index contributed by atoms with van der Waals surface area (Å²) in [6.45, 7) is 1.75. The number of nitrogen functional groups attached to an aromatic ring is 1. The number of rotatable bonds is 2. The maximum atomic E-state index is 12.0. The number of amides is 1. The summed E-state index contributed by atoms with van der Waals surface area (Å²) in [5.41, 5.74) is 6.98. The highest BCUT2D eigenvalue weighted by Crippen LogP contribution is 2.19. The quantitative estimate of drug-likeness (QED) is 0.720. The number of carbonyl (C=O) groups is 1. The van der Waals surface area contributed by atoms with E-state index in [2.05, 4.69) is 27.9 Å². The predicted molar refractivity (Wildman–Crippen MR) is 72.8 cm³/mol. The molecule has 0 saturated carbocycles. The number of aromatic nitrogens is 2. The zero-order chi connectivity index (χ0) is 13.1. The molecule has 2 aromatic rings. The van der Waals surface area contributed by atoms with Gasteiger partial charge < -0.3 is 11.1 Å². The minimum absolute atomic E-state index is 0.106. The number of nitrogens with one attached hydrogen (secondary N) is 1. The highest BCUT2D eigenvalue weighted by atomic mass is 32.1. The third-order valence-electron chi connectivity index (χ3n) is 2.29. The van der Waals surface area contributed by atoms with E-state index in [9.17, 15) is 4.79 Å². The van der Waals surface area contributed by atoms with E-state index in [4.69, 9.17) is 5.73 Å². The van der Waals surface area contributed by atoms with Crippen LogP contribution in [0.2, 0.25) is 0 Å². The first kappa shape index (κ1) is 12.4. The van der Waals surface area contributed by atoms with Crippen molar-refractivity contribution in [3.8, 4) is 0 Å². The first-order valence-electron chi connectivity index (χ1n) is 5.26. The van der Waals surface area contributed by atoms with Crippen molar-refractivity contribution < 1.29 is 4.79 Å². The fraction of sp³-hybridized carbons (Fsp3) is 0.0833. The van der Waals surface area contributed by atoms with Crippen LogP contribution in [0.15, 0.2) is 35.4 Å². The van der Waals surface area contributed by atoms with E-state index in [1.807, 2.05) is 6.07 Å². The molecule has 92 valence electrons. The number of aryl methyl sites for hydroxylation is 1. The third-order valence-corrected chi connectivity index (χ3v) is 2.68. The van der Waals surface area contributed by atoms with Crippen molar-refractivity contribution in [3.63, 3.8) is 0 Å². The van der Waals surface area contributed by atoms with Gasteiger partial charge in [0, 0.05) is 4.90 Å². The largest absolute Gasteiger partial charge is 0.382 e. The number of benzene rings is 1. The third kappa shape index (κ3) is 2.60. The lowest BCUT2D eigenvalue weighted by Gasteiger charge is -2.08. The molecule has 6 heteroatoms. The molecule has 0 fully saturated rings. The lowest BCUT2D eigenvalue weighted by molar-refractivity contribution is 0.102. The minimum Gasteiger partial charge on any atom is -0.382 e. The Balaban J connectivity index is 2.28. The molecule has 2 rings (SSSR count). The lowest BCUT2D eigenvalue weighted by atomic mass is 10.3. The van der Waals surface area contributed by atoms with Crippen LogP contribution in [0.25, 0.3) is 0 Å². The molecule has 1 aromatic carbocycles. The van der Waals surface area contributed by atoms with Gasteiger partial charge in [0.25, 0.3) is 5.91 Å². The summed E-state index contributed by atoms with van der Waals surface area (Å²) in [7, 11) is 0. The van der Waals surface area contributed by atoms with E-state index in [0.717, 1.165) is 0 Å². The van der Waals surface area contributed by atoms with Crippen molar-refractivity contribution in [2.75, 3.05) is 11.1 Å². The second-order valence-corrected chi connectivity index (χ2v) is 4.20. The van der Waals surface area contributed by atoms with Crippen LogP contribution in [0.1, 0.15) is 16.2 Å². The first-order chi connectivity index (χ1) is 8.58. The number of nitrogens with zero attached hydrogens (tertiary/aromatic N) is 2. The van der Waals surface area contributed by atoms with Gasteiger partial charge >= 0.3 is 0 Å². The number of hydrogen-bond donors (Lipinski definition) is 3. The summed E-state index contributed by atoms with van der Waals surface area (Å²) in [5, 5.41) is 2.70. The standard InChI is InChI=1S/C12H12N4OS/c1-7-6-14-11(13)10(15-7)12(17)16-8-4-2-3-5-9(8)18/h2-6,18H,1H3,(H2,13,14)(H,16,17). The molecule has 0 aliphatic heterocycles. The van der Waals surface area contributed by atoms with Gasteiger partial charge in [-0.1, -0.05) is 12.1 Å². The van der Waals surface area contributed by atoms with Gasteiger partial charge in [0.1, 0.15) is 0 Å². The zero-order valence-corrected chi connectivity index (χ0v) is 10.6. The van der Waals surface area contributed by atoms with Gasteiger partial charge in [-0.05, 0) is 19.1 Å². The molecule has 0 spiro atoms. The van der Waals surface area contributed by atoms with Gasteiger partial charge in [0.2, 0.25) is 0 Å². The Labute approximate surface area is 110 Å². The topological polar surface area (TPSA) is 80.9 Å². The summed E-state index contributed by atoms with van der Waals surface area (Å²) in [6, 6.07) is 7.17. The Bertz CT molecular complexity index is 600. The van der Waals surface area contributed by atoms with Crippen LogP contribution in [0, 0.1) is 6.92 Å². The number of thiol groups is 1. The zero-order valence-electron chi connectivity index (χ0n) is 9.71. The Morgan fingerprint density at radius 3 is 2.83 bits per heavy atom. The molecule has 5 nitrogen and oxygen atoms in total. The summed E-state index contributed by atoms with van der Waals surface area (Å²) in [4.78, 5) is 20.7. The normalized spacial score (nSPS) is 10.1. The SMILES string of the molecule is Cc1cnc(N)c(C(=O)Nc2ccccc2S)n1. The highest BCUT2D eigenvalue weighted by molar-refractivity contribution is 7.80. The van der Waals surface area contributed by atoms with Crippen LogP contribution in [-0.2, 0) is 0 Å². The van der Waals surface area contributed by atoms with E-state index in [-0.39, 0.29) is 11.5 Å². The van der Waals surface area contributed by atoms with Gasteiger partial charge in [-0.25, -0.2) is 9.97 Å². The van der Waals surface area contributed by atoms with Crippen molar-refractivity contribution >= 4 is 30.0 Å². The van der Waals surface area contributed by atoms with Crippen LogP contribution in [-0.4, -0.2) is 15.9 Å². The number of anilines is 2. The fourth-order valence-corrected chi connectivity index (χ4v) is 1.63. The molecule has 3 N–H and O–H groups in total. The fourth-order valence-electron chi connectivity index (χ4n) is 1.41. The van der Waals surface area contributed by atoms with E-state index in [1.165, 1.54) is 6.20 Å². The van der Waals surface area contributed by atoms with Crippen LogP contribution in [0.5, 0.6) is 0 Å². The average molecular weight is 260 g/mol. The van der Waals surface area contributed by atoms with E-state index < -0.39 is 5.91 Å². The molecule has 0 radical (unpaired) electrons. The molecule has 0 aliphatic carbocycles. The first-order valence-corrected chi connectivity index (χ1v) is 5.71. The van der Waals surface area contributed by atoms with E-state index in [1.54, 1.807) is 25.1 Å². The molecule has 0 bridgehead atoms. The van der Waals surface area contributed by atoms with Gasteiger partial charge in [-0.15, -0.1) is 12.6 Å². The number of nitrogens with two attached hydrogens (primary N) is 1. The van der Waals surface area contributed by atoms with Crippen molar-refractivity contribution in [3.05, 3.63) is 41.9 Å². The van der Waals surface area contributed by atoms with E-state index in [0.29, 0.717) is 16.3 Å². The molecule has 0 atom stereocenters. The van der Waals surface area contributed by atoms with Crippen molar-refractivity contribution in [1.82, 2.24) is 9.97 Å². The Hall–Kier alpha value is -2.08. The molecular formula is C12H12N4OS. The van der Waals surface area contributed by atoms with Crippen LogP contribution < -0.4 is 11.1 Å². The van der Waals surface area contributed by atoms with Crippen LogP contribution in [0.4, 0.5) is 11.5 Å². The average Bonchev–Trinajstić information content (AvgIpc) is 2.35. The lowest BCUT2D eigenvalue weighted by Crippen LogP contribution is -2.17. The van der Waals surface area contributed by atoms with Crippen molar-refractivity contribution in [2.24, 2.45) is 0 Å². The number of carbonyl (C=O) groups excluding carboxylic acids is 1. The molecule has 0 aliphatic rings. The summed E-state index contributed by atoms with van der Waals surface area (Å²) in [6.07, 6.45) is 1.51. The maximum absolute atomic E-state index is 12.0. The van der Waals surface area contributed by atoms with Crippen LogP contribution in [0.3, 0.4) is 0 Å². The van der Waals surface area contributed by atoms with E-state index >= 15 is 0 Å². The van der Waals surface area contributed by atoms with Gasteiger partial charge in [-0.2, -0.15) is 0 Å². The molecule has 1 heterocycles. The Morgan fingerprint density at radius 1 is 1.39 bits per heavy atom. The predicted octanol–water partition coefficient (Wildman–Crippen LogP) is 1.91. The Kier molecular flexibility index (Phi) is 3.47. The minimum atomic E-state index is -0.398. The molecule has 0 saturated heterocycles. The number of para-hydroxylation sites is 1. The van der Waals surface area contributed by atoms with Gasteiger partial charge in [-0.3, -0.25) is 4.79 Å². The maximum Gasteiger partial charge on any atom is 0.278 e. The molecule has 1 amide bonds. The highest BCUT2D eigenvalue weighted by Gasteiger charge is 2.14. The van der Waals surface area contributed by atoms with Gasteiger partial charge in [0.15, 0.2) is 11.5 Å². The second kappa shape index (κ2) is 5.05. The smallest absolute Gasteiger partial charge is 0.278 e. The summed E-state index contributed by atoms with van der Waals surface area (Å²) in [5.74, 6) is -0.292.